The molecule has 9 rings (SSSR count). The van der Waals surface area contributed by atoms with E-state index in [-0.39, 0.29) is 49.9 Å². The standard InChI is InChI=1S/C40H44FN7O10/c41-27-13-15-28(16-14-27)48(29-3-1-17-46(29)39(33(53)44-35(55)56)25-9-5-23(6-10-25)19-37(39,21-49)31(42)51)30-4-2-18-47(30)40(34(54)45-36(57)58)26-11-7-24(8-12-26)20-38(40,22-50)32(43)52/h5-16,29-30,49-50H,1-4,17-22H2,(H2,42,51)(H2,43,52)(H,44,53)(H,45,54)(H,55,56)(H,57,58)/t29?,30?,37?,38?,39-,40-/m1/s1. The molecular weight excluding hydrogens is 757 g/mol. The number of imide groups is 2. The fraction of sp³-hybridized carbons (Fsp3) is 0.400. The van der Waals surface area contributed by atoms with Gasteiger partial charge in [0.15, 0.2) is 0 Å². The first-order valence-corrected chi connectivity index (χ1v) is 18.8. The van der Waals surface area contributed by atoms with E-state index in [0.29, 0.717) is 29.7 Å². The third kappa shape index (κ3) is 5.65. The highest BCUT2D eigenvalue weighted by Crippen LogP contribution is 2.56. The highest BCUT2D eigenvalue weighted by atomic mass is 19.1. The van der Waals surface area contributed by atoms with Crippen molar-refractivity contribution in [1.29, 1.82) is 0 Å². The molecule has 3 aromatic carbocycles. The number of carboxylic acid groups (broad SMARTS) is 2. The number of hydrogen-bond acceptors (Lipinski definition) is 11. The van der Waals surface area contributed by atoms with Gasteiger partial charge in [0.05, 0.1) is 25.5 Å². The Morgan fingerprint density at radius 1 is 0.655 bits per heavy atom. The van der Waals surface area contributed by atoms with E-state index < -0.39 is 89.1 Å². The molecule has 0 saturated carbocycles. The first-order chi connectivity index (χ1) is 27.6. The van der Waals surface area contributed by atoms with Crippen LogP contribution >= 0.6 is 0 Å². The van der Waals surface area contributed by atoms with Crippen molar-refractivity contribution in [3.8, 4) is 0 Å². The first kappa shape index (κ1) is 40.3. The molecule has 306 valence electrons. The van der Waals surface area contributed by atoms with Crippen LogP contribution in [0.4, 0.5) is 19.7 Å². The van der Waals surface area contributed by atoms with Crippen molar-refractivity contribution in [2.75, 3.05) is 31.2 Å². The molecule has 0 aromatic heterocycles. The summed E-state index contributed by atoms with van der Waals surface area (Å²) in [4.78, 5) is 87.1. The normalized spacial score (nSPS) is 29.0. The Morgan fingerprint density at radius 3 is 1.36 bits per heavy atom. The number of anilines is 1. The molecular formula is C40H44FN7O10. The summed E-state index contributed by atoms with van der Waals surface area (Å²) in [5, 5.41) is 46.4. The van der Waals surface area contributed by atoms with Gasteiger partial charge in [0, 0.05) is 18.8 Å². The van der Waals surface area contributed by atoms with Gasteiger partial charge in [-0.25, -0.2) is 14.0 Å². The molecule has 17 nitrogen and oxygen atoms in total. The number of benzene rings is 3. The van der Waals surface area contributed by atoms with Crippen molar-refractivity contribution in [3.05, 3.63) is 101 Å². The van der Waals surface area contributed by atoms with Gasteiger partial charge >= 0.3 is 12.2 Å². The molecule has 6 atom stereocenters. The number of aliphatic hydroxyl groups is 2. The number of rotatable bonds is 11. The SMILES string of the molecule is NC(=O)C1(CO)Cc2ccc(cc2)[C@]1(C(=O)NC(=O)O)N1CCCC1N(c1ccc(F)cc1)C1CCCN1[C@@]1(C(=O)NC(=O)O)c2ccc(cc2)CC1(CO)C(N)=O. The minimum absolute atomic E-state index is 0.0331. The number of carbonyl (C=O) groups excluding carboxylic acids is 4. The Morgan fingerprint density at radius 2 is 1.03 bits per heavy atom. The number of nitrogens with two attached hydrogens (primary N) is 2. The summed E-state index contributed by atoms with van der Waals surface area (Å²) >= 11 is 0. The zero-order valence-electron chi connectivity index (χ0n) is 31.3. The van der Waals surface area contributed by atoms with Crippen LogP contribution in [0.2, 0.25) is 0 Å². The maximum atomic E-state index is 14.8. The van der Waals surface area contributed by atoms with E-state index >= 15 is 0 Å². The molecule has 3 aromatic rings. The number of hydrogen-bond donors (Lipinski definition) is 8. The first-order valence-electron chi connectivity index (χ1n) is 18.8. The van der Waals surface area contributed by atoms with Gasteiger partial charge in [-0.3, -0.25) is 39.6 Å². The number of nitrogens with zero attached hydrogens (tertiary/aromatic N) is 3. The van der Waals surface area contributed by atoms with Crippen molar-refractivity contribution in [1.82, 2.24) is 20.4 Å². The molecule has 4 unspecified atom stereocenters. The number of aliphatic hydroxyl groups excluding tert-OH is 2. The quantitative estimate of drug-likeness (QED) is 0.134. The van der Waals surface area contributed by atoms with E-state index in [2.05, 4.69) is 0 Å². The lowest BCUT2D eigenvalue weighted by Gasteiger charge is -2.57. The maximum absolute atomic E-state index is 14.8. The molecule has 10 N–H and O–H groups in total. The minimum Gasteiger partial charge on any atom is -0.465 e. The van der Waals surface area contributed by atoms with Gasteiger partial charge in [-0.1, -0.05) is 48.5 Å². The second-order valence-electron chi connectivity index (χ2n) is 15.4. The Bertz CT molecular complexity index is 2030. The fourth-order valence-corrected chi connectivity index (χ4v) is 10.5. The van der Waals surface area contributed by atoms with Crippen molar-refractivity contribution >= 4 is 41.5 Å². The van der Waals surface area contributed by atoms with Crippen LogP contribution in [0.5, 0.6) is 0 Å². The van der Waals surface area contributed by atoms with Gasteiger partial charge in [0.2, 0.25) is 11.8 Å². The number of likely N-dealkylation sites (tertiary alicyclic amines) is 2. The van der Waals surface area contributed by atoms with Crippen LogP contribution in [-0.2, 0) is 43.1 Å². The summed E-state index contributed by atoms with van der Waals surface area (Å²) in [7, 11) is 0. The Balaban J connectivity index is 1.51. The molecule has 2 aliphatic heterocycles. The smallest absolute Gasteiger partial charge is 0.411 e. The van der Waals surface area contributed by atoms with Crippen LogP contribution in [0.25, 0.3) is 0 Å². The maximum Gasteiger partial charge on any atom is 0.411 e. The fourth-order valence-electron chi connectivity index (χ4n) is 10.5. The van der Waals surface area contributed by atoms with Crippen LogP contribution in [-0.4, -0.2) is 105 Å². The van der Waals surface area contributed by atoms with E-state index in [1.807, 2.05) is 10.6 Å². The molecule has 0 radical (unpaired) electrons. The third-order valence-corrected chi connectivity index (χ3v) is 12.8. The van der Waals surface area contributed by atoms with E-state index in [4.69, 9.17) is 11.5 Å². The molecule has 4 bridgehead atoms. The van der Waals surface area contributed by atoms with Crippen LogP contribution in [0.15, 0.2) is 72.8 Å². The molecule has 18 heteroatoms. The van der Waals surface area contributed by atoms with Gasteiger partial charge in [-0.15, -0.1) is 0 Å². The van der Waals surface area contributed by atoms with Crippen molar-refractivity contribution in [2.45, 2.75) is 61.9 Å². The second kappa shape index (κ2) is 14.8. The van der Waals surface area contributed by atoms with Crippen LogP contribution < -0.4 is 27.0 Å². The van der Waals surface area contributed by atoms with Crippen molar-refractivity contribution in [3.63, 3.8) is 0 Å². The number of amides is 6. The molecule has 2 saturated heterocycles. The zero-order valence-corrected chi connectivity index (χ0v) is 31.3. The number of fused-ring (bicyclic) bond motifs is 8. The molecule has 6 amide bonds. The Kier molecular flexibility index (Phi) is 10.3. The zero-order chi connectivity index (χ0) is 41.8. The summed E-state index contributed by atoms with van der Waals surface area (Å²) in [5.41, 5.74) is 5.16. The summed E-state index contributed by atoms with van der Waals surface area (Å²) in [5.74, 6) is -5.09. The average molecular weight is 802 g/mol. The largest absolute Gasteiger partial charge is 0.465 e. The van der Waals surface area contributed by atoms with E-state index in [0.717, 1.165) is 0 Å². The van der Waals surface area contributed by atoms with E-state index in [9.17, 15) is 53.6 Å². The second-order valence-corrected chi connectivity index (χ2v) is 15.4. The van der Waals surface area contributed by atoms with Crippen molar-refractivity contribution < 1.29 is 53.6 Å². The van der Waals surface area contributed by atoms with Crippen molar-refractivity contribution in [2.24, 2.45) is 22.3 Å². The molecule has 4 aliphatic carbocycles. The van der Waals surface area contributed by atoms with Crippen LogP contribution in [0.1, 0.15) is 47.9 Å². The summed E-state index contributed by atoms with van der Waals surface area (Å²) < 4.78 is 14.7. The van der Waals surface area contributed by atoms with Crippen LogP contribution in [0.3, 0.4) is 0 Å². The Labute approximate surface area is 331 Å². The topological polar surface area (TPSA) is 269 Å². The molecule has 2 fully saturated rings. The average Bonchev–Trinajstić information content (AvgIpc) is 3.73. The predicted octanol–water partition coefficient (Wildman–Crippen LogP) is 0.896. The molecule has 2 heterocycles. The minimum atomic E-state index is -2.29. The van der Waals surface area contributed by atoms with Gasteiger partial charge in [-0.05, 0) is 85.0 Å². The molecule has 58 heavy (non-hydrogen) atoms. The Hall–Kier alpha value is -5.95. The van der Waals surface area contributed by atoms with Gasteiger partial charge in [0.25, 0.3) is 11.8 Å². The van der Waals surface area contributed by atoms with Crippen LogP contribution in [0, 0.1) is 16.6 Å². The van der Waals surface area contributed by atoms with Gasteiger partial charge in [0.1, 0.15) is 27.7 Å². The highest BCUT2D eigenvalue weighted by Gasteiger charge is 2.70. The lowest BCUT2D eigenvalue weighted by atomic mass is 9.62. The number of primary amides is 2. The van der Waals surface area contributed by atoms with E-state index in [1.54, 1.807) is 63.2 Å². The predicted molar refractivity (Wildman–Crippen MR) is 202 cm³/mol. The summed E-state index contributed by atoms with van der Waals surface area (Å²) in [6, 6.07) is 18.2. The number of carbonyl (C=O) groups is 6. The molecule has 0 spiro atoms. The monoisotopic (exact) mass is 801 g/mol. The number of nitrogens with one attached hydrogen (secondary N) is 2. The highest BCUT2D eigenvalue weighted by molar-refractivity contribution is 6.04. The lowest BCUT2D eigenvalue weighted by molar-refractivity contribution is -0.166. The van der Waals surface area contributed by atoms with Gasteiger partial charge in [-0.2, -0.15) is 0 Å². The summed E-state index contributed by atoms with van der Waals surface area (Å²) in [6.45, 7) is -1.89. The lowest BCUT2D eigenvalue weighted by Crippen LogP contribution is -2.75. The molecule has 6 aliphatic rings. The number of halogens is 1. The summed E-state index contributed by atoms with van der Waals surface area (Å²) in [6.07, 6.45) is -4.94. The van der Waals surface area contributed by atoms with E-state index in [1.165, 1.54) is 24.3 Å². The van der Waals surface area contributed by atoms with Gasteiger partial charge < -0.3 is 36.8 Å². The third-order valence-electron chi connectivity index (χ3n) is 12.8.